The van der Waals surface area contributed by atoms with Crippen molar-refractivity contribution in [2.24, 2.45) is 7.05 Å². The SMILES string of the molecule is COC(=O)COc1cc(Cl)cc2c1c(C)c(Cc1ccc(Cl)cc1)c(=O)n2C. The van der Waals surface area contributed by atoms with Crippen LogP contribution in [0.3, 0.4) is 0 Å². The number of methoxy groups -OCH3 is 1. The summed E-state index contributed by atoms with van der Waals surface area (Å²) in [4.78, 5) is 24.5. The molecule has 7 heteroatoms. The number of aryl methyl sites for hydroxylation is 2. The van der Waals surface area contributed by atoms with Gasteiger partial charge in [0.1, 0.15) is 5.75 Å². The van der Waals surface area contributed by atoms with Crippen LogP contribution in [0.5, 0.6) is 5.75 Å². The van der Waals surface area contributed by atoms with Gasteiger partial charge in [-0.3, -0.25) is 4.79 Å². The third-order valence-corrected chi connectivity index (χ3v) is 5.14. The van der Waals surface area contributed by atoms with E-state index in [2.05, 4.69) is 4.74 Å². The molecule has 0 fully saturated rings. The number of rotatable bonds is 5. The second kappa shape index (κ2) is 8.25. The van der Waals surface area contributed by atoms with Crippen molar-refractivity contribution in [3.8, 4) is 5.75 Å². The number of nitrogens with zero attached hydrogens (tertiary/aromatic N) is 1. The summed E-state index contributed by atoms with van der Waals surface area (Å²) in [5.74, 6) is -0.0738. The molecule has 146 valence electrons. The van der Waals surface area contributed by atoms with Crippen molar-refractivity contribution in [3.63, 3.8) is 0 Å². The molecule has 0 saturated heterocycles. The maximum absolute atomic E-state index is 13.0. The summed E-state index contributed by atoms with van der Waals surface area (Å²) in [5, 5.41) is 1.78. The van der Waals surface area contributed by atoms with E-state index in [-0.39, 0.29) is 12.2 Å². The van der Waals surface area contributed by atoms with E-state index in [1.165, 1.54) is 7.11 Å². The van der Waals surface area contributed by atoms with Gasteiger partial charge in [0.15, 0.2) is 6.61 Å². The zero-order valence-electron chi connectivity index (χ0n) is 15.7. The fourth-order valence-electron chi connectivity index (χ4n) is 3.16. The van der Waals surface area contributed by atoms with Crippen molar-refractivity contribution in [1.29, 1.82) is 0 Å². The van der Waals surface area contributed by atoms with E-state index in [0.29, 0.717) is 33.3 Å². The first-order valence-electron chi connectivity index (χ1n) is 8.57. The zero-order chi connectivity index (χ0) is 20.4. The van der Waals surface area contributed by atoms with E-state index in [9.17, 15) is 9.59 Å². The normalized spacial score (nSPS) is 10.9. The molecule has 0 bridgehead atoms. The molecule has 0 aliphatic carbocycles. The number of carbonyl (C=O) groups is 1. The molecule has 0 unspecified atom stereocenters. The highest BCUT2D eigenvalue weighted by atomic mass is 35.5. The highest BCUT2D eigenvalue weighted by Crippen LogP contribution is 2.33. The lowest BCUT2D eigenvalue weighted by atomic mass is 9.98. The van der Waals surface area contributed by atoms with Gasteiger partial charge in [-0.2, -0.15) is 0 Å². The second-order valence-corrected chi connectivity index (χ2v) is 7.31. The number of benzene rings is 2. The van der Waals surface area contributed by atoms with Gasteiger partial charge in [-0.15, -0.1) is 0 Å². The van der Waals surface area contributed by atoms with Crippen molar-refractivity contribution in [2.75, 3.05) is 13.7 Å². The van der Waals surface area contributed by atoms with Gasteiger partial charge in [0.25, 0.3) is 5.56 Å². The van der Waals surface area contributed by atoms with Crippen LogP contribution in [0.1, 0.15) is 16.7 Å². The summed E-state index contributed by atoms with van der Waals surface area (Å²) in [6.07, 6.45) is 0.449. The summed E-state index contributed by atoms with van der Waals surface area (Å²) in [5.41, 5.74) is 2.91. The minimum Gasteiger partial charge on any atom is -0.481 e. The number of hydrogen-bond donors (Lipinski definition) is 0. The molecule has 1 heterocycles. The fourth-order valence-corrected chi connectivity index (χ4v) is 3.49. The molecule has 3 aromatic rings. The number of halogens is 2. The van der Waals surface area contributed by atoms with Gasteiger partial charge in [0, 0.05) is 34.5 Å². The molecule has 2 aromatic carbocycles. The van der Waals surface area contributed by atoms with E-state index in [4.69, 9.17) is 27.9 Å². The fraction of sp³-hybridized carbons (Fsp3) is 0.238. The summed E-state index contributed by atoms with van der Waals surface area (Å²) in [6, 6.07) is 10.7. The lowest BCUT2D eigenvalue weighted by Gasteiger charge is -2.17. The molecule has 1 aromatic heterocycles. The third-order valence-electron chi connectivity index (χ3n) is 4.67. The number of carbonyl (C=O) groups excluding carboxylic acids is 1. The number of hydrogen-bond acceptors (Lipinski definition) is 4. The first-order valence-corrected chi connectivity index (χ1v) is 9.33. The van der Waals surface area contributed by atoms with Crippen molar-refractivity contribution >= 4 is 40.1 Å². The van der Waals surface area contributed by atoms with Crippen LogP contribution in [0.2, 0.25) is 10.0 Å². The van der Waals surface area contributed by atoms with Gasteiger partial charge in [-0.1, -0.05) is 35.3 Å². The Kier molecular flexibility index (Phi) is 5.96. The Morgan fingerprint density at radius 1 is 1.11 bits per heavy atom. The quantitative estimate of drug-likeness (QED) is 0.578. The molecule has 0 amide bonds. The largest absolute Gasteiger partial charge is 0.481 e. The van der Waals surface area contributed by atoms with E-state index in [1.807, 2.05) is 19.1 Å². The number of aromatic nitrogens is 1. The van der Waals surface area contributed by atoms with Gasteiger partial charge in [0.05, 0.1) is 12.6 Å². The molecule has 0 radical (unpaired) electrons. The molecule has 3 rings (SSSR count). The van der Waals surface area contributed by atoms with Gasteiger partial charge in [-0.05, 0) is 42.3 Å². The molecule has 0 N–H and O–H groups in total. The number of pyridine rings is 1. The Balaban J connectivity index is 2.17. The molecule has 0 atom stereocenters. The minimum absolute atomic E-state index is 0.110. The Bertz CT molecular complexity index is 1100. The topological polar surface area (TPSA) is 57.5 Å². The van der Waals surface area contributed by atoms with Crippen LogP contribution in [-0.4, -0.2) is 24.3 Å². The number of esters is 1. The summed E-state index contributed by atoms with van der Waals surface area (Å²) in [7, 11) is 2.98. The summed E-state index contributed by atoms with van der Waals surface area (Å²) < 4.78 is 11.8. The first-order chi connectivity index (χ1) is 13.3. The number of ether oxygens (including phenoxy) is 2. The smallest absolute Gasteiger partial charge is 0.343 e. The maximum Gasteiger partial charge on any atom is 0.343 e. The van der Waals surface area contributed by atoms with Crippen LogP contribution in [0.4, 0.5) is 0 Å². The minimum atomic E-state index is -0.503. The highest BCUT2D eigenvalue weighted by Gasteiger charge is 2.18. The van der Waals surface area contributed by atoms with Crippen molar-refractivity contribution in [1.82, 2.24) is 4.57 Å². The number of fused-ring (bicyclic) bond motifs is 1. The standard InChI is InChI=1S/C21H19Cl2NO4/c1-12-16(8-13-4-6-14(22)7-5-13)21(26)24(2)17-9-15(23)10-18(20(12)17)28-11-19(25)27-3/h4-7,9-10H,8,11H2,1-3H3. The van der Waals surface area contributed by atoms with Crippen molar-refractivity contribution in [3.05, 3.63) is 73.5 Å². The molecule has 0 spiro atoms. The van der Waals surface area contributed by atoms with E-state index in [1.54, 1.807) is 35.9 Å². The lowest BCUT2D eigenvalue weighted by molar-refractivity contribution is -0.142. The van der Waals surface area contributed by atoms with Gasteiger partial charge in [-0.25, -0.2) is 4.79 Å². The predicted molar refractivity (Wildman–Crippen MR) is 111 cm³/mol. The van der Waals surface area contributed by atoms with Crippen LogP contribution in [0, 0.1) is 6.92 Å². The first kappa shape index (κ1) is 20.2. The van der Waals surface area contributed by atoms with Gasteiger partial charge < -0.3 is 14.0 Å². The Labute approximate surface area is 172 Å². The molecule has 0 saturated carbocycles. The van der Waals surface area contributed by atoms with Gasteiger partial charge in [0.2, 0.25) is 0 Å². The average molecular weight is 420 g/mol. The summed E-state index contributed by atoms with van der Waals surface area (Å²) >= 11 is 12.2. The molecule has 5 nitrogen and oxygen atoms in total. The maximum atomic E-state index is 13.0. The summed E-state index contributed by atoms with van der Waals surface area (Å²) in [6.45, 7) is 1.62. The molecule has 28 heavy (non-hydrogen) atoms. The zero-order valence-corrected chi connectivity index (χ0v) is 17.2. The molecular weight excluding hydrogens is 401 g/mol. The van der Waals surface area contributed by atoms with Crippen LogP contribution in [-0.2, 0) is 23.0 Å². The van der Waals surface area contributed by atoms with Crippen LogP contribution >= 0.6 is 23.2 Å². The molecule has 0 aliphatic heterocycles. The van der Waals surface area contributed by atoms with Crippen molar-refractivity contribution < 1.29 is 14.3 Å². The Morgan fingerprint density at radius 2 is 1.79 bits per heavy atom. The predicted octanol–water partition coefficient (Wildman–Crippen LogP) is 4.30. The Hall–Kier alpha value is -2.50. The van der Waals surface area contributed by atoms with E-state index >= 15 is 0 Å². The lowest BCUT2D eigenvalue weighted by Crippen LogP contribution is -2.24. The Morgan fingerprint density at radius 3 is 2.43 bits per heavy atom. The second-order valence-electron chi connectivity index (χ2n) is 6.43. The molecular formula is C21H19Cl2NO4. The molecule has 0 aliphatic rings. The third kappa shape index (κ3) is 4.01. The van der Waals surface area contributed by atoms with Gasteiger partial charge >= 0.3 is 5.97 Å². The van der Waals surface area contributed by atoms with Crippen LogP contribution in [0.25, 0.3) is 10.9 Å². The average Bonchev–Trinajstić information content (AvgIpc) is 2.68. The van der Waals surface area contributed by atoms with E-state index in [0.717, 1.165) is 16.5 Å². The van der Waals surface area contributed by atoms with E-state index < -0.39 is 5.97 Å². The highest BCUT2D eigenvalue weighted by molar-refractivity contribution is 6.31. The van der Waals surface area contributed by atoms with Crippen molar-refractivity contribution in [2.45, 2.75) is 13.3 Å². The monoisotopic (exact) mass is 419 g/mol. The van der Waals surface area contributed by atoms with Crippen LogP contribution in [0.15, 0.2) is 41.2 Å². The van der Waals surface area contributed by atoms with Crippen LogP contribution < -0.4 is 10.3 Å².